The molecule has 0 bridgehead atoms. The lowest BCUT2D eigenvalue weighted by atomic mass is 10.1. The molecule has 1 aromatic carbocycles. The molecule has 1 aromatic rings. The van der Waals surface area contributed by atoms with E-state index in [9.17, 15) is 24.8 Å². The lowest BCUT2D eigenvalue weighted by Crippen LogP contribution is -2.35. The SMILES string of the molecule is CC(=Nc1cc([N+](=O)[O-])c(N(CCCl)CCCl)cc1C(=O)O)NC(=O)OC(C)(C)C. The van der Waals surface area contributed by atoms with E-state index in [4.69, 9.17) is 27.9 Å². The first kappa shape index (κ1) is 25.4. The van der Waals surface area contributed by atoms with Crippen molar-refractivity contribution in [2.24, 2.45) is 4.99 Å². The highest BCUT2D eigenvalue weighted by Crippen LogP contribution is 2.36. The maximum atomic E-state index is 11.9. The number of nitro groups is 1. The molecule has 1 amide bonds. The molecule has 0 saturated carbocycles. The van der Waals surface area contributed by atoms with Gasteiger partial charge in [-0.2, -0.15) is 0 Å². The standard InChI is InChI=1S/C18H24Cl2N4O6/c1-11(22-17(27)30-18(2,3)4)21-13-10-15(24(28)29)14(9-12(13)16(25)26)23(7-5-19)8-6-20/h9-10H,5-8H2,1-4H3,(H,25,26)(H,21,22,27). The predicted octanol–water partition coefficient (Wildman–Crippen LogP) is 4.15. The number of carboxylic acids is 1. The molecular weight excluding hydrogens is 439 g/mol. The van der Waals surface area contributed by atoms with Crippen LogP contribution in [0.15, 0.2) is 17.1 Å². The second-order valence-corrected chi connectivity index (χ2v) is 7.87. The number of ether oxygens (including phenoxy) is 1. The Bertz CT molecular complexity index is 833. The second kappa shape index (κ2) is 11.0. The maximum absolute atomic E-state index is 11.9. The average molecular weight is 463 g/mol. The number of carboxylic acid groups (broad SMARTS) is 1. The van der Waals surface area contributed by atoms with Crippen molar-refractivity contribution in [2.75, 3.05) is 29.7 Å². The number of halogens is 2. The topological polar surface area (TPSA) is 134 Å². The Morgan fingerprint density at radius 3 is 2.27 bits per heavy atom. The summed E-state index contributed by atoms with van der Waals surface area (Å²) >= 11 is 11.5. The van der Waals surface area contributed by atoms with Crippen molar-refractivity contribution < 1.29 is 24.4 Å². The maximum Gasteiger partial charge on any atom is 0.413 e. The summed E-state index contributed by atoms with van der Waals surface area (Å²) in [6, 6.07) is 2.19. The fraction of sp³-hybridized carbons (Fsp3) is 0.500. The lowest BCUT2D eigenvalue weighted by molar-refractivity contribution is -0.384. The number of nitrogens with one attached hydrogen (secondary N) is 1. The fourth-order valence-electron chi connectivity index (χ4n) is 2.45. The smallest absolute Gasteiger partial charge is 0.413 e. The van der Waals surface area contributed by atoms with Crippen LogP contribution in [0.3, 0.4) is 0 Å². The van der Waals surface area contributed by atoms with Crippen LogP contribution in [0, 0.1) is 10.1 Å². The first-order valence-corrected chi connectivity index (χ1v) is 9.94. The Morgan fingerprint density at radius 2 is 1.83 bits per heavy atom. The van der Waals surface area contributed by atoms with E-state index in [1.165, 1.54) is 11.8 Å². The summed E-state index contributed by atoms with van der Waals surface area (Å²) in [6.45, 7) is 6.90. The zero-order valence-corrected chi connectivity index (χ0v) is 18.6. The van der Waals surface area contributed by atoms with Crippen molar-refractivity contribution in [2.45, 2.75) is 33.3 Å². The summed E-state index contributed by atoms with van der Waals surface area (Å²) in [5.41, 5.74) is -1.52. The number of amides is 1. The third-order valence-electron chi connectivity index (χ3n) is 3.54. The zero-order valence-electron chi connectivity index (χ0n) is 17.1. The number of alkyl carbamates (subject to hydrolysis) is 1. The van der Waals surface area contributed by atoms with Gasteiger partial charge in [0.15, 0.2) is 0 Å². The Kier molecular flexibility index (Phi) is 9.31. The molecule has 0 aliphatic heterocycles. The van der Waals surface area contributed by atoms with Gasteiger partial charge in [0.1, 0.15) is 17.1 Å². The van der Waals surface area contributed by atoms with Crippen molar-refractivity contribution in [3.8, 4) is 0 Å². The molecular formula is C18H24Cl2N4O6. The second-order valence-electron chi connectivity index (χ2n) is 7.11. The van der Waals surface area contributed by atoms with Gasteiger partial charge < -0.3 is 14.7 Å². The van der Waals surface area contributed by atoms with Crippen LogP contribution in [-0.4, -0.2) is 58.4 Å². The van der Waals surface area contributed by atoms with E-state index in [0.29, 0.717) is 0 Å². The minimum Gasteiger partial charge on any atom is -0.478 e. The summed E-state index contributed by atoms with van der Waals surface area (Å²) in [6.07, 6.45) is -0.790. The predicted molar refractivity (Wildman–Crippen MR) is 116 cm³/mol. The number of aliphatic imine (C=N–C) groups is 1. The van der Waals surface area contributed by atoms with E-state index in [2.05, 4.69) is 10.3 Å². The molecule has 0 radical (unpaired) electrons. The largest absolute Gasteiger partial charge is 0.478 e. The number of carbonyl (C=O) groups is 2. The highest BCUT2D eigenvalue weighted by molar-refractivity contribution is 6.18. The van der Waals surface area contributed by atoms with Crippen LogP contribution in [0.1, 0.15) is 38.1 Å². The molecule has 166 valence electrons. The van der Waals surface area contributed by atoms with Crippen molar-refractivity contribution >= 4 is 58.2 Å². The zero-order chi connectivity index (χ0) is 23.1. The van der Waals surface area contributed by atoms with E-state index in [1.54, 1.807) is 20.8 Å². The number of rotatable bonds is 8. The highest BCUT2D eigenvalue weighted by Gasteiger charge is 2.25. The summed E-state index contributed by atoms with van der Waals surface area (Å²) in [7, 11) is 0. The third kappa shape index (κ3) is 7.68. The van der Waals surface area contributed by atoms with Crippen molar-refractivity contribution in [1.29, 1.82) is 0 Å². The van der Waals surface area contributed by atoms with E-state index in [1.807, 2.05) is 0 Å². The van der Waals surface area contributed by atoms with Gasteiger partial charge in [0.2, 0.25) is 0 Å². The molecule has 0 unspecified atom stereocenters. The Morgan fingerprint density at radius 1 is 1.27 bits per heavy atom. The van der Waals surface area contributed by atoms with Gasteiger partial charge in [0.25, 0.3) is 5.69 Å². The van der Waals surface area contributed by atoms with Crippen molar-refractivity contribution in [1.82, 2.24) is 5.32 Å². The molecule has 0 atom stereocenters. The molecule has 0 heterocycles. The molecule has 0 aliphatic carbocycles. The quantitative estimate of drug-likeness (QED) is 0.194. The number of nitro benzene ring substituents is 1. The lowest BCUT2D eigenvalue weighted by Gasteiger charge is -2.23. The molecule has 10 nitrogen and oxygen atoms in total. The number of amidine groups is 1. The Hall–Kier alpha value is -2.59. The van der Waals surface area contributed by atoms with Crippen LogP contribution >= 0.6 is 23.2 Å². The molecule has 0 aromatic heterocycles. The van der Waals surface area contributed by atoms with Crippen molar-refractivity contribution in [3.63, 3.8) is 0 Å². The van der Waals surface area contributed by atoms with Crippen LogP contribution < -0.4 is 10.2 Å². The molecule has 0 saturated heterocycles. The fourth-order valence-corrected chi connectivity index (χ4v) is 2.85. The molecule has 30 heavy (non-hydrogen) atoms. The van der Waals surface area contributed by atoms with Crippen LogP contribution in [0.4, 0.5) is 21.9 Å². The minimum atomic E-state index is -1.34. The monoisotopic (exact) mass is 462 g/mol. The number of benzene rings is 1. The van der Waals surface area contributed by atoms with Gasteiger partial charge >= 0.3 is 12.1 Å². The van der Waals surface area contributed by atoms with Crippen LogP contribution in [0.25, 0.3) is 0 Å². The van der Waals surface area contributed by atoms with Gasteiger partial charge in [0.05, 0.1) is 16.2 Å². The third-order valence-corrected chi connectivity index (χ3v) is 3.88. The molecule has 0 spiro atoms. The molecule has 12 heteroatoms. The highest BCUT2D eigenvalue weighted by atomic mass is 35.5. The van der Waals surface area contributed by atoms with Gasteiger partial charge in [-0.3, -0.25) is 15.4 Å². The van der Waals surface area contributed by atoms with E-state index < -0.39 is 22.6 Å². The molecule has 1 rings (SSSR count). The first-order valence-electron chi connectivity index (χ1n) is 8.87. The number of nitrogens with zero attached hydrogens (tertiary/aromatic N) is 3. The number of aromatic carboxylic acids is 1. The van der Waals surface area contributed by atoms with Crippen molar-refractivity contribution in [3.05, 3.63) is 27.8 Å². The van der Waals surface area contributed by atoms with Gasteiger partial charge in [-0.05, 0) is 33.8 Å². The average Bonchev–Trinajstić information content (AvgIpc) is 2.59. The first-order chi connectivity index (χ1) is 13.9. The number of alkyl halides is 2. The Balaban J connectivity index is 3.45. The van der Waals surface area contributed by atoms with Crippen LogP contribution in [0.5, 0.6) is 0 Å². The van der Waals surface area contributed by atoms with Crippen LogP contribution in [-0.2, 0) is 4.74 Å². The van der Waals surface area contributed by atoms with E-state index >= 15 is 0 Å². The van der Waals surface area contributed by atoms with Gasteiger partial charge in [-0.1, -0.05) is 0 Å². The normalized spacial score (nSPS) is 11.7. The molecule has 0 aliphatic rings. The van der Waals surface area contributed by atoms with E-state index in [0.717, 1.165) is 12.1 Å². The van der Waals surface area contributed by atoms with E-state index in [-0.39, 0.29) is 53.3 Å². The summed E-state index contributed by atoms with van der Waals surface area (Å²) in [4.78, 5) is 40.2. The minimum absolute atomic E-state index is 0.00664. The summed E-state index contributed by atoms with van der Waals surface area (Å²) < 4.78 is 5.10. The number of hydrogen-bond acceptors (Lipinski definition) is 7. The van der Waals surface area contributed by atoms with Crippen LogP contribution in [0.2, 0.25) is 0 Å². The summed E-state index contributed by atoms with van der Waals surface area (Å²) in [5, 5.41) is 23.6. The van der Waals surface area contributed by atoms with Gasteiger partial charge in [-0.15, -0.1) is 23.2 Å². The summed E-state index contributed by atoms with van der Waals surface area (Å²) in [5.74, 6) is -1.01. The number of hydrogen-bond donors (Lipinski definition) is 2. The molecule has 2 N–H and O–H groups in total. The number of carbonyl (C=O) groups excluding carboxylic acids is 1. The van der Waals surface area contributed by atoms with Gasteiger partial charge in [0, 0.05) is 30.9 Å². The number of anilines is 1. The van der Waals surface area contributed by atoms with Gasteiger partial charge in [-0.25, -0.2) is 14.6 Å². The molecule has 0 fully saturated rings. The Labute approximate surface area is 184 Å².